The first-order valence-corrected chi connectivity index (χ1v) is 10.5. The molecule has 5 rings (SSSR count). The van der Waals surface area contributed by atoms with Gasteiger partial charge in [0, 0.05) is 18.5 Å². The minimum atomic E-state index is -1.48. The van der Waals surface area contributed by atoms with Gasteiger partial charge in [0.15, 0.2) is 0 Å². The number of nitrogens with zero attached hydrogens (tertiary/aromatic N) is 6. The van der Waals surface area contributed by atoms with Gasteiger partial charge in [-0.2, -0.15) is 0 Å². The number of carboxylic acids is 1. The molecule has 4 heterocycles. The molecule has 3 amide bonds. The van der Waals surface area contributed by atoms with Crippen molar-refractivity contribution in [3.63, 3.8) is 0 Å². The molecule has 166 valence electrons. The van der Waals surface area contributed by atoms with E-state index in [9.17, 15) is 24.6 Å². The van der Waals surface area contributed by atoms with Gasteiger partial charge in [-0.3, -0.25) is 14.6 Å². The number of carbonyl (C=O) groups is 3. The molecule has 3 atom stereocenters. The molecule has 1 aromatic heterocycles. The summed E-state index contributed by atoms with van der Waals surface area (Å²) < 4.78 is 7.29. The number of phenolic OH excluding ortho intramolecular Hbond substituents is 1. The van der Waals surface area contributed by atoms with E-state index in [4.69, 9.17) is 4.74 Å². The molecule has 3 aliphatic heterocycles. The quantitative estimate of drug-likeness (QED) is 0.184. The Morgan fingerprint density at radius 3 is 2.70 bits per heavy atom. The number of aromatic nitrogens is 4. The molecule has 13 nitrogen and oxygen atoms in total. The van der Waals surface area contributed by atoms with E-state index in [-0.39, 0.29) is 53.5 Å². The van der Waals surface area contributed by atoms with E-state index < -0.39 is 36.1 Å². The molecule has 0 radical (unpaired) electrons. The van der Waals surface area contributed by atoms with Crippen LogP contribution in [0.25, 0.3) is 0 Å². The smallest absolute Gasteiger partial charge is 0.543 e. The normalized spacial score (nSPS) is 23.1. The summed E-state index contributed by atoms with van der Waals surface area (Å²) in [7, 11) is 1.65. The minimum absolute atomic E-state index is 0. The number of β-lactam (4-membered cyclic amide) rings is 1. The Bertz CT molecular complexity index is 1160. The fourth-order valence-electron chi connectivity index (χ4n) is 4.10. The van der Waals surface area contributed by atoms with Crippen LogP contribution in [0, 0.1) is 0 Å². The van der Waals surface area contributed by atoms with Crippen LogP contribution in [0.15, 0.2) is 40.7 Å². The average molecular weight is 481 g/mol. The molecule has 15 heteroatoms. The first-order chi connectivity index (χ1) is 15.4. The molecule has 2 fully saturated rings. The first-order valence-electron chi connectivity index (χ1n) is 9.47. The van der Waals surface area contributed by atoms with E-state index in [2.05, 4.69) is 20.8 Å². The summed E-state index contributed by atoms with van der Waals surface area (Å²) in [4.78, 5) is 39.8. The second kappa shape index (κ2) is 8.95. The Labute approximate surface area is 213 Å². The number of aryl methyl sites for hydroxylation is 1. The number of hydrogen-bond donors (Lipinski definition) is 2. The number of nitrogens with one attached hydrogen (secondary N) is 1. The molecule has 0 saturated carbocycles. The van der Waals surface area contributed by atoms with Crippen molar-refractivity contribution in [1.82, 2.24) is 30.0 Å². The Balaban J connectivity index is 0.00000259. The molecule has 2 N–H and O–H groups in total. The molecule has 2 aromatic rings. The van der Waals surface area contributed by atoms with Crippen LogP contribution < -0.4 is 40.0 Å². The largest absolute Gasteiger partial charge is 1.00 e. The van der Waals surface area contributed by atoms with E-state index in [0.717, 1.165) is 4.90 Å². The SMILES string of the molecule is Cn1nnnc1SCC1=C(C(=O)[O-])N2C(=O)[C@@H]3[C@H]2C1OCN3C(=O)Nc1ccc(O)cc1.[Na+]. The van der Waals surface area contributed by atoms with Crippen LogP contribution in [0.3, 0.4) is 0 Å². The van der Waals surface area contributed by atoms with Gasteiger partial charge in [-0.15, -0.1) is 5.10 Å². The summed E-state index contributed by atoms with van der Waals surface area (Å²) in [5, 5.41) is 35.5. The van der Waals surface area contributed by atoms with Crippen molar-refractivity contribution >= 4 is 35.4 Å². The molecule has 3 aliphatic rings. The summed E-state index contributed by atoms with van der Waals surface area (Å²) in [5.74, 6) is -1.77. The van der Waals surface area contributed by atoms with Gasteiger partial charge in [0.25, 0.3) is 5.91 Å². The topological polar surface area (TPSA) is 166 Å². The monoisotopic (exact) mass is 481 g/mol. The summed E-state index contributed by atoms with van der Waals surface area (Å²) in [5.41, 5.74) is 0.579. The number of benzene rings is 1. The van der Waals surface area contributed by atoms with Crippen LogP contribution in [0.5, 0.6) is 5.75 Å². The van der Waals surface area contributed by atoms with Crippen LogP contribution in [-0.2, 0) is 21.4 Å². The number of aliphatic carboxylic acids is 1. The van der Waals surface area contributed by atoms with E-state index in [0.29, 0.717) is 16.4 Å². The van der Waals surface area contributed by atoms with E-state index >= 15 is 0 Å². The number of ether oxygens (including phenoxy) is 1. The Morgan fingerprint density at radius 2 is 2.06 bits per heavy atom. The van der Waals surface area contributed by atoms with Crippen molar-refractivity contribution in [2.75, 3.05) is 17.8 Å². The fraction of sp³-hybridized carbons (Fsp3) is 0.333. The maximum absolute atomic E-state index is 12.9. The third kappa shape index (κ3) is 3.87. The van der Waals surface area contributed by atoms with Crippen LogP contribution in [0.4, 0.5) is 10.5 Å². The number of thioether (sulfide) groups is 1. The molecule has 1 unspecified atom stereocenters. The molecule has 2 saturated heterocycles. The molecule has 0 bridgehead atoms. The van der Waals surface area contributed by atoms with Crippen molar-refractivity contribution < 1.29 is 58.9 Å². The van der Waals surface area contributed by atoms with E-state index in [1.165, 1.54) is 45.6 Å². The van der Waals surface area contributed by atoms with Gasteiger partial charge >= 0.3 is 35.6 Å². The minimum Gasteiger partial charge on any atom is -0.543 e. The number of amides is 3. The van der Waals surface area contributed by atoms with E-state index in [1.807, 2.05) is 0 Å². The number of phenols is 1. The number of tetrazole rings is 1. The molecule has 0 spiro atoms. The fourth-order valence-corrected chi connectivity index (χ4v) is 5.00. The van der Waals surface area contributed by atoms with Crippen LogP contribution >= 0.6 is 11.8 Å². The predicted molar refractivity (Wildman–Crippen MR) is 105 cm³/mol. The van der Waals surface area contributed by atoms with Gasteiger partial charge in [-0.1, -0.05) is 11.8 Å². The van der Waals surface area contributed by atoms with E-state index in [1.54, 1.807) is 7.05 Å². The van der Waals surface area contributed by atoms with Gasteiger partial charge in [0.05, 0.1) is 17.7 Å². The van der Waals surface area contributed by atoms with Gasteiger partial charge in [0.1, 0.15) is 24.6 Å². The number of urea groups is 1. The Morgan fingerprint density at radius 1 is 1.33 bits per heavy atom. The molecule has 33 heavy (non-hydrogen) atoms. The summed E-state index contributed by atoms with van der Waals surface area (Å²) in [6.45, 7) is -0.199. The van der Waals surface area contributed by atoms with Crippen molar-refractivity contribution in [1.29, 1.82) is 0 Å². The summed E-state index contributed by atoms with van der Waals surface area (Å²) in [6, 6.07) is 3.77. The zero-order valence-electron chi connectivity index (χ0n) is 17.5. The number of rotatable bonds is 5. The zero-order valence-corrected chi connectivity index (χ0v) is 20.4. The first kappa shape index (κ1) is 23.5. The van der Waals surface area contributed by atoms with Crippen LogP contribution in [0.2, 0.25) is 0 Å². The third-order valence-corrected chi connectivity index (χ3v) is 6.61. The number of hydrogen-bond acceptors (Lipinski definition) is 10. The summed E-state index contributed by atoms with van der Waals surface area (Å²) >= 11 is 1.21. The average Bonchev–Trinajstić information content (AvgIpc) is 3.32. The van der Waals surface area contributed by atoms with Gasteiger partial charge in [-0.05, 0) is 40.3 Å². The van der Waals surface area contributed by atoms with Crippen molar-refractivity contribution in [2.45, 2.75) is 23.3 Å². The van der Waals surface area contributed by atoms with Crippen LogP contribution in [-0.4, -0.2) is 83.7 Å². The van der Waals surface area contributed by atoms with Crippen molar-refractivity contribution in [3.8, 4) is 5.75 Å². The molecule has 0 aliphatic carbocycles. The molecule has 1 aromatic carbocycles. The standard InChI is InChI=1S/C18H17N7O6S.Na/c1-23-18(20-21-22-23)32-6-10-11(16(28)29)25-12-13(15(25)27)24(7-31-14(10)12)17(30)19-8-2-4-9(26)5-3-8;/h2-5,12-14,26H,6-7H2,1H3,(H,19,30)(H,28,29);/q;+1/p-1/t12-,13-,14?;/m0./s1. The number of anilines is 1. The Hall–Kier alpha value is -2.65. The predicted octanol–water partition coefficient (Wildman–Crippen LogP) is -4.50. The van der Waals surface area contributed by atoms with Gasteiger partial charge in [0.2, 0.25) is 5.16 Å². The van der Waals surface area contributed by atoms with Gasteiger partial charge in [-0.25, -0.2) is 9.48 Å². The number of carbonyl (C=O) groups excluding carboxylic acids is 3. The second-order valence-corrected chi connectivity index (χ2v) is 8.28. The van der Waals surface area contributed by atoms with Gasteiger partial charge < -0.3 is 25.1 Å². The maximum Gasteiger partial charge on any atom is 1.00 e. The summed E-state index contributed by atoms with van der Waals surface area (Å²) in [6.07, 6.45) is -0.683. The second-order valence-electron chi connectivity index (χ2n) is 7.34. The van der Waals surface area contributed by atoms with Crippen LogP contribution in [0.1, 0.15) is 0 Å². The Kier molecular flexibility index (Phi) is 6.37. The number of carboxylic acid groups (broad SMARTS) is 1. The zero-order chi connectivity index (χ0) is 22.6. The third-order valence-electron chi connectivity index (χ3n) is 5.55. The number of aromatic hydroxyl groups is 1. The molecular weight excluding hydrogens is 465 g/mol. The maximum atomic E-state index is 12.9. The van der Waals surface area contributed by atoms with Crippen molar-refractivity contribution in [2.24, 2.45) is 7.05 Å². The van der Waals surface area contributed by atoms with Crippen molar-refractivity contribution in [3.05, 3.63) is 35.5 Å². The molecular formula is C18H16N7NaO6S.